The molecule has 1 aliphatic carbocycles. The van der Waals surface area contributed by atoms with Crippen molar-refractivity contribution in [2.24, 2.45) is 5.73 Å². The summed E-state index contributed by atoms with van der Waals surface area (Å²) in [5.41, 5.74) is 8.60. The smallest absolute Gasteiger partial charge is 0.261 e. The maximum absolute atomic E-state index is 12.3. The maximum atomic E-state index is 12.3. The number of allylic oxidation sites excluding steroid dienone is 1. The van der Waals surface area contributed by atoms with Gasteiger partial charge >= 0.3 is 0 Å². The van der Waals surface area contributed by atoms with E-state index in [1.165, 1.54) is 4.90 Å². The van der Waals surface area contributed by atoms with Crippen LogP contribution in [0.3, 0.4) is 0 Å². The highest BCUT2D eigenvalue weighted by molar-refractivity contribution is 9.10. The molecule has 0 radical (unpaired) electrons. The molecule has 126 valence electrons. The molecule has 2 amide bonds. The molecule has 0 aromatic heterocycles. The quantitative estimate of drug-likeness (QED) is 0.597. The van der Waals surface area contributed by atoms with E-state index in [1.54, 1.807) is 6.08 Å². The SMILES string of the molecule is NC(CCCCN1C(=O)C2=C(CCC=C2)C1=O)c1cccc(Br)c1. The summed E-state index contributed by atoms with van der Waals surface area (Å²) >= 11 is 3.45. The molecule has 1 aliphatic heterocycles. The third-order valence-corrected chi connectivity index (χ3v) is 5.07. The first-order valence-electron chi connectivity index (χ1n) is 8.35. The monoisotopic (exact) mass is 388 g/mol. The summed E-state index contributed by atoms with van der Waals surface area (Å²) in [5, 5.41) is 0. The summed E-state index contributed by atoms with van der Waals surface area (Å²) in [7, 11) is 0. The minimum atomic E-state index is -0.137. The van der Waals surface area contributed by atoms with E-state index in [4.69, 9.17) is 5.73 Å². The number of halogens is 1. The van der Waals surface area contributed by atoms with E-state index >= 15 is 0 Å². The van der Waals surface area contributed by atoms with Gasteiger partial charge in [-0.15, -0.1) is 0 Å². The number of rotatable bonds is 6. The zero-order chi connectivity index (χ0) is 17.1. The van der Waals surface area contributed by atoms with Crippen molar-refractivity contribution in [2.75, 3.05) is 6.54 Å². The number of amides is 2. The van der Waals surface area contributed by atoms with Gasteiger partial charge in [-0.05, 0) is 49.8 Å². The number of carbonyl (C=O) groups excluding carboxylic acids is 2. The van der Waals surface area contributed by atoms with Gasteiger partial charge in [0.25, 0.3) is 11.8 Å². The third kappa shape index (κ3) is 3.52. The van der Waals surface area contributed by atoms with E-state index in [1.807, 2.05) is 30.3 Å². The van der Waals surface area contributed by atoms with Crippen LogP contribution in [0.4, 0.5) is 0 Å². The summed E-state index contributed by atoms with van der Waals surface area (Å²) in [4.78, 5) is 26.0. The van der Waals surface area contributed by atoms with E-state index in [9.17, 15) is 9.59 Å². The molecule has 0 saturated heterocycles. The summed E-state index contributed by atoms with van der Waals surface area (Å²) in [6.45, 7) is 0.476. The van der Waals surface area contributed by atoms with Gasteiger partial charge in [-0.3, -0.25) is 14.5 Å². The minimum absolute atomic E-state index is 0.0262. The number of carbonyl (C=O) groups is 2. The molecule has 2 N–H and O–H groups in total. The standard InChI is InChI=1S/C19H21BrN2O2/c20-14-7-5-6-13(12-14)17(21)10-3-4-11-22-18(23)15-8-1-2-9-16(15)19(22)24/h1,5-8,12,17H,2-4,9-11,21H2. The second kappa shape index (κ2) is 7.45. The minimum Gasteiger partial charge on any atom is -0.324 e. The lowest BCUT2D eigenvalue weighted by Gasteiger charge is -2.16. The Morgan fingerprint density at radius 2 is 2.04 bits per heavy atom. The Kier molecular flexibility index (Phi) is 5.31. The van der Waals surface area contributed by atoms with Crippen LogP contribution in [0.25, 0.3) is 0 Å². The summed E-state index contributed by atoms with van der Waals surface area (Å²) < 4.78 is 1.02. The fourth-order valence-corrected chi connectivity index (χ4v) is 3.65. The highest BCUT2D eigenvalue weighted by atomic mass is 79.9. The Bertz CT molecular complexity index is 724. The van der Waals surface area contributed by atoms with Gasteiger partial charge in [0, 0.05) is 28.2 Å². The topological polar surface area (TPSA) is 63.4 Å². The molecule has 1 aromatic carbocycles. The van der Waals surface area contributed by atoms with E-state index in [0.29, 0.717) is 24.1 Å². The Morgan fingerprint density at radius 1 is 1.21 bits per heavy atom. The summed E-state index contributed by atoms with van der Waals surface area (Å²) in [5.74, 6) is -0.238. The van der Waals surface area contributed by atoms with Crippen molar-refractivity contribution >= 4 is 27.7 Å². The summed E-state index contributed by atoms with van der Waals surface area (Å²) in [6.07, 6.45) is 7.77. The van der Waals surface area contributed by atoms with Gasteiger partial charge in [0.2, 0.25) is 0 Å². The predicted molar refractivity (Wildman–Crippen MR) is 97.0 cm³/mol. The molecule has 3 rings (SSSR count). The highest BCUT2D eigenvalue weighted by Crippen LogP contribution is 2.29. The van der Waals surface area contributed by atoms with Gasteiger partial charge in [0.05, 0.1) is 0 Å². The van der Waals surface area contributed by atoms with Crippen molar-refractivity contribution in [1.29, 1.82) is 0 Å². The first-order chi connectivity index (χ1) is 11.6. The number of hydrogen-bond donors (Lipinski definition) is 1. The molecule has 1 unspecified atom stereocenters. The number of benzene rings is 1. The van der Waals surface area contributed by atoms with Crippen LogP contribution in [-0.4, -0.2) is 23.3 Å². The molecule has 0 saturated carbocycles. The van der Waals surface area contributed by atoms with Crippen molar-refractivity contribution in [3.63, 3.8) is 0 Å². The van der Waals surface area contributed by atoms with Crippen molar-refractivity contribution < 1.29 is 9.59 Å². The van der Waals surface area contributed by atoms with E-state index in [0.717, 1.165) is 35.7 Å². The van der Waals surface area contributed by atoms with Gasteiger partial charge in [-0.2, -0.15) is 0 Å². The molecule has 1 atom stereocenters. The lowest BCUT2D eigenvalue weighted by molar-refractivity contribution is -0.137. The van der Waals surface area contributed by atoms with E-state index in [2.05, 4.69) is 15.9 Å². The molecular weight excluding hydrogens is 368 g/mol. The third-order valence-electron chi connectivity index (χ3n) is 4.57. The number of unbranched alkanes of at least 4 members (excludes halogenated alkanes) is 1. The first-order valence-corrected chi connectivity index (χ1v) is 9.14. The Morgan fingerprint density at radius 3 is 2.79 bits per heavy atom. The van der Waals surface area contributed by atoms with E-state index in [-0.39, 0.29) is 17.9 Å². The first kappa shape index (κ1) is 17.1. The molecule has 1 heterocycles. The molecule has 24 heavy (non-hydrogen) atoms. The molecule has 4 nitrogen and oxygen atoms in total. The summed E-state index contributed by atoms with van der Waals surface area (Å²) in [6, 6.07) is 7.98. The lowest BCUT2D eigenvalue weighted by atomic mass is 10.00. The van der Waals surface area contributed by atoms with Crippen LogP contribution in [0.15, 0.2) is 52.0 Å². The van der Waals surface area contributed by atoms with Gasteiger partial charge < -0.3 is 5.73 Å². The van der Waals surface area contributed by atoms with Crippen molar-refractivity contribution in [1.82, 2.24) is 4.90 Å². The zero-order valence-electron chi connectivity index (χ0n) is 13.5. The van der Waals surface area contributed by atoms with Crippen LogP contribution in [0.1, 0.15) is 43.7 Å². The number of hydrogen-bond acceptors (Lipinski definition) is 3. The normalized spacial score (nSPS) is 18.3. The van der Waals surface area contributed by atoms with E-state index < -0.39 is 0 Å². The number of imide groups is 1. The van der Waals surface area contributed by atoms with Crippen LogP contribution in [0, 0.1) is 0 Å². The van der Waals surface area contributed by atoms with Crippen LogP contribution < -0.4 is 5.73 Å². The van der Waals surface area contributed by atoms with Gasteiger partial charge in [0.15, 0.2) is 0 Å². The highest BCUT2D eigenvalue weighted by Gasteiger charge is 2.36. The predicted octanol–water partition coefficient (Wildman–Crippen LogP) is 3.63. The van der Waals surface area contributed by atoms with Crippen LogP contribution in [0.2, 0.25) is 0 Å². The molecule has 0 fully saturated rings. The molecule has 1 aromatic rings. The fraction of sp³-hybridized carbons (Fsp3) is 0.368. The van der Waals surface area contributed by atoms with Gasteiger partial charge in [0.1, 0.15) is 0 Å². The fourth-order valence-electron chi connectivity index (χ4n) is 3.23. The van der Waals surface area contributed by atoms with Crippen LogP contribution in [-0.2, 0) is 9.59 Å². The lowest BCUT2D eigenvalue weighted by Crippen LogP contribution is -2.32. The Balaban J connectivity index is 1.48. The van der Waals surface area contributed by atoms with Gasteiger partial charge in [-0.25, -0.2) is 0 Å². The molecule has 0 bridgehead atoms. The second-order valence-corrected chi connectivity index (χ2v) is 7.17. The largest absolute Gasteiger partial charge is 0.324 e. The van der Waals surface area contributed by atoms with Crippen LogP contribution in [0.5, 0.6) is 0 Å². The Labute approximate surface area is 150 Å². The van der Waals surface area contributed by atoms with Gasteiger partial charge in [-0.1, -0.05) is 40.2 Å². The maximum Gasteiger partial charge on any atom is 0.261 e. The van der Waals surface area contributed by atoms with Crippen LogP contribution >= 0.6 is 15.9 Å². The Hall–Kier alpha value is -1.72. The van der Waals surface area contributed by atoms with Crippen molar-refractivity contribution in [2.45, 2.75) is 38.1 Å². The average Bonchev–Trinajstić information content (AvgIpc) is 2.83. The average molecular weight is 389 g/mol. The second-order valence-electron chi connectivity index (χ2n) is 6.25. The molecular formula is C19H21BrN2O2. The van der Waals surface area contributed by atoms with Crippen molar-refractivity contribution in [3.8, 4) is 0 Å². The number of nitrogens with two attached hydrogens (primary N) is 1. The molecule has 0 spiro atoms. The zero-order valence-corrected chi connectivity index (χ0v) is 15.1. The number of nitrogens with zero attached hydrogens (tertiary/aromatic N) is 1. The van der Waals surface area contributed by atoms with Crippen molar-refractivity contribution in [3.05, 3.63) is 57.6 Å². The molecule has 5 heteroatoms. The molecule has 2 aliphatic rings.